The first-order chi connectivity index (χ1) is 13.3. The molecule has 0 saturated heterocycles. The van der Waals surface area contributed by atoms with Crippen LogP contribution >= 0.6 is 0 Å². The second-order valence-electron chi connectivity index (χ2n) is 6.05. The number of likely N-dealkylation sites (N-methyl/N-ethyl adjacent to an activating group) is 1. The van der Waals surface area contributed by atoms with E-state index in [1.165, 1.54) is 7.05 Å². The van der Waals surface area contributed by atoms with Gasteiger partial charge >= 0.3 is 18.0 Å². The average Bonchev–Trinajstić information content (AvgIpc) is 2.69. The highest BCUT2D eigenvalue weighted by Crippen LogP contribution is 2.10. The van der Waals surface area contributed by atoms with Crippen molar-refractivity contribution in [1.29, 1.82) is 5.41 Å². The van der Waals surface area contributed by atoms with Crippen molar-refractivity contribution in [1.82, 2.24) is 9.96 Å². The largest absolute Gasteiger partial charge is 0.480 e. The van der Waals surface area contributed by atoms with Crippen molar-refractivity contribution in [3.63, 3.8) is 0 Å². The molecule has 1 unspecified atom stereocenters. The van der Waals surface area contributed by atoms with E-state index in [0.29, 0.717) is 17.9 Å². The number of hydrogen-bond acceptors (Lipinski definition) is 6. The number of carboxylic acids is 1. The van der Waals surface area contributed by atoms with E-state index in [4.69, 9.17) is 15.0 Å². The number of carboxylic acid groups (broad SMARTS) is 1. The van der Waals surface area contributed by atoms with Gasteiger partial charge in [-0.2, -0.15) is 0 Å². The molecule has 1 aromatic rings. The number of nitrogens with one attached hydrogen (secondary N) is 1. The number of amides is 1. The van der Waals surface area contributed by atoms with Crippen molar-refractivity contribution in [2.75, 3.05) is 13.7 Å². The molecule has 28 heavy (non-hydrogen) atoms. The fourth-order valence-corrected chi connectivity index (χ4v) is 2.36. The first-order valence-electron chi connectivity index (χ1n) is 9.07. The van der Waals surface area contributed by atoms with Crippen LogP contribution in [-0.2, 0) is 25.6 Å². The Morgan fingerprint density at radius 2 is 1.82 bits per heavy atom. The molecule has 1 rings (SSSR count). The zero-order chi connectivity index (χ0) is 21.1. The van der Waals surface area contributed by atoms with E-state index < -0.39 is 30.0 Å². The number of hydrogen-bond donors (Lipinski definition) is 2. The lowest BCUT2D eigenvalue weighted by molar-refractivity contribution is -0.169. The first kappa shape index (κ1) is 22.9. The second kappa shape index (κ2) is 11.6. The summed E-state index contributed by atoms with van der Waals surface area (Å²) in [5.41, 5.74) is 0.920. The molecule has 0 aromatic heterocycles. The van der Waals surface area contributed by atoms with Crippen LogP contribution in [0.5, 0.6) is 0 Å². The molecule has 9 nitrogen and oxygen atoms in total. The van der Waals surface area contributed by atoms with Crippen molar-refractivity contribution in [3.05, 3.63) is 35.9 Å². The number of nitrogens with zero attached hydrogens (tertiary/aromatic N) is 2. The minimum atomic E-state index is -1.16. The van der Waals surface area contributed by atoms with Crippen LogP contribution in [0.3, 0.4) is 0 Å². The summed E-state index contributed by atoms with van der Waals surface area (Å²) >= 11 is 0. The summed E-state index contributed by atoms with van der Waals surface area (Å²) in [5, 5.41) is 17.8. The third kappa shape index (κ3) is 6.90. The molecule has 0 heterocycles. The van der Waals surface area contributed by atoms with E-state index in [1.54, 1.807) is 13.8 Å². The van der Waals surface area contributed by atoms with Gasteiger partial charge in [0, 0.05) is 7.05 Å². The highest BCUT2D eigenvalue weighted by molar-refractivity contribution is 5.94. The summed E-state index contributed by atoms with van der Waals surface area (Å²) in [7, 11) is 1.34. The molecule has 0 aliphatic rings. The SMILES string of the molecule is CCCOC(=O)N(OC(=O)CCc1ccccc1)C(=N)N(C)C(CC)C(=O)O. The number of aryl methyl sites for hydroxylation is 1. The number of guanidine groups is 1. The van der Waals surface area contributed by atoms with Gasteiger partial charge in [0.1, 0.15) is 6.04 Å². The number of carbonyl (C=O) groups is 3. The molecule has 1 aromatic carbocycles. The van der Waals surface area contributed by atoms with Crippen molar-refractivity contribution in [2.45, 2.75) is 45.6 Å². The molecular weight excluding hydrogens is 366 g/mol. The Hall–Kier alpha value is -3.10. The van der Waals surface area contributed by atoms with Crippen LogP contribution in [0, 0.1) is 5.41 Å². The normalized spacial score (nSPS) is 11.2. The Morgan fingerprint density at radius 3 is 2.36 bits per heavy atom. The molecule has 0 aliphatic carbocycles. The van der Waals surface area contributed by atoms with Crippen LogP contribution in [0.1, 0.15) is 38.7 Å². The maximum atomic E-state index is 12.3. The lowest BCUT2D eigenvalue weighted by Gasteiger charge is -2.30. The van der Waals surface area contributed by atoms with Gasteiger partial charge in [-0.05, 0) is 24.8 Å². The monoisotopic (exact) mass is 393 g/mol. The number of carbonyl (C=O) groups excluding carboxylic acids is 2. The van der Waals surface area contributed by atoms with Crippen LogP contribution in [0.15, 0.2) is 30.3 Å². The molecule has 2 N–H and O–H groups in total. The van der Waals surface area contributed by atoms with Gasteiger partial charge in [-0.15, -0.1) is 0 Å². The van der Waals surface area contributed by atoms with Crippen LogP contribution in [0.4, 0.5) is 4.79 Å². The number of rotatable bonds is 8. The lowest BCUT2D eigenvalue weighted by Crippen LogP contribution is -2.51. The average molecular weight is 393 g/mol. The van der Waals surface area contributed by atoms with Gasteiger partial charge in [0.25, 0.3) is 0 Å². The molecule has 0 bridgehead atoms. The summed E-state index contributed by atoms with van der Waals surface area (Å²) < 4.78 is 4.96. The van der Waals surface area contributed by atoms with E-state index >= 15 is 0 Å². The minimum Gasteiger partial charge on any atom is -0.480 e. The summed E-state index contributed by atoms with van der Waals surface area (Å²) in [6, 6.07) is 8.20. The number of benzene rings is 1. The van der Waals surface area contributed by atoms with Crippen molar-refractivity contribution >= 4 is 24.0 Å². The van der Waals surface area contributed by atoms with Crippen LogP contribution in [0.2, 0.25) is 0 Å². The Morgan fingerprint density at radius 1 is 1.18 bits per heavy atom. The molecule has 0 radical (unpaired) electrons. The fourth-order valence-electron chi connectivity index (χ4n) is 2.36. The third-order valence-corrected chi connectivity index (χ3v) is 3.91. The van der Waals surface area contributed by atoms with Gasteiger partial charge in [0.2, 0.25) is 5.96 Å². The summed E-state index contributed by atoms with van der Waals surface area (Å²) in [4.78, 5) is 41.9. The first-order valence-corrected chi connectivity index (χ1v) is 9.07. The standard InChI is InChI=1S/C19H27N3O6/c1-4-13-27-19(26)22(18(20)21(3)15(5-2)17(24)25)28-16(23)12-11-14-9-7-6-8-10-14/h6-10,15,20H,4-5,11-13H2,1-3H3,(H,24,25). The van der Waals surface area contributed by atoms with Gasteiger partial charge in [-0.3, -0.25) is 5.41 Å². The van der Waals surface area contributed by atoms with Gasteiger partial charge in [-0.25, -0.2) is 14.4 Å². The van der Waals surface area contributed by atoms with Gasteiger partial charge in [-0.1, -0.05) is 49.2 Å². The minimum absolute atomic E-state index is 0.0191. The Bertz CT molecular complexity index is 680. The van der Waals surface area contributed by atoms with E-state index in [1.807, 2.05) is 30.3 Å². The predicted octanol–water partition coefficient (Wildman–Crippen LogP) is 2.66. The van der Waals surface area contributed by atoms with Crippen LogP contribution in [-0.4, -0.2) is 58.8 Å². The molecule has 154 valence electrons. The quantitative estimate of drug-likeness (QED) is 0.396. The van der Waals surface area contributed by atoms with E-state index in [9.17, 15) is 19.5 Å². The van der Waals surface area contributed by atoms with Crippen LogP contribution in [0.25, 0.3) is 0 Å². The highest BCUT2D eigenvalue weighted by Gasteiger charge is 2.32. The zero-order valence-electron chi connectivity index (χ0n) is 16.4. The van der Waals surface area contributed by atoms with E-state index in [0.717, 1.165) is 10.5 Å². The molecule has 9 heteroatoms. The van der Waals surface area contributed by atoms with Crippen molar-refractivity contribution in [3.8, 4) is 0 Å². The molecule has 0 saturated carbocycles. The number of ether oxygens (including phenoxy) is 1. The zero-order valence-corrected chi connectivity index (χ0v) is 16.4. The summed E-state index contributed by atoms with van der Waals surface area (Å²) in [6.45, 7) is 3.50. The number of hydroxylamine groups is 2. The molecule has 0 fully saturated rings. The molecular formula is C19H27N3O6. The van der Waals surface area contributed by atoms with Crippen LogP contribution < -0.4 is 0 Å². The van der Waals surface area contributed by atoms with E-state index in [2.05, 4.69) is 0 Å². The van der Waals surface area contributed by atoms with Gasteiger partial charge in [0.15, 0.2) is 0 Å². The van der Waals surface area contributed by atoms with Crippen molar-refractivity contribution < 1.29 is 29.1 Å². The Labute approximate surface area is 164 Å². The molecule has 1 amide bonds. The fraction of sp³-hybridized carbons (Fsp3) is 0.474. The van der Waals surface area contributed by atoms with Gasteiger partial charge in [0.05, 0.1) is 13.0 Å². The highest BCUT2D eigenvalue weighted by atomic mass is 16.8. The maximum absolute atomic E-state index is 12.3. The smallest absolute Gasteiger partial charge is 0.451 e. The van der Waals surface area contributed by atoms with Gasteiger partial charge < -0.3 is 19.6 Å². The van der Waals surface area contributed by atoms with E-state index in [-0.39, 0.29) is 19.4 Å². The Kier molecular flexibility index (Phi) is 9.49. The summed E-state index contributed by atoms with van der Waals surface area (Å²) in [6.07, 6.45) is 0.0556. The Balaban J connectivity index is 2.85. The second-order valence-corrected chi connectivity index (χ2v) is 6.05. The lowest BCUT2D eigenvalue weighted by atomic mass is 10.1. The summed E-state index contributed by atoms with van der Waals surface area (Å²) in [5.74, 6) is -2.49. The molecule has 0 aliphatic heterocycles. The van der Waals surface area contributed by atoms with Crippen molar-refractivity contribution in [2.24, 2.45) is 0 Å². The molecule has 1 atom stereocenters. The topological polar surface area (TPSA) is 120 Å². The third-order valence-electron chi connectivity index (χ3n) is 3.91. The molecule has 0 spiro atoms. The predicted molar refractivity (Wildman–Crippen MR) is 102 cm³/mol. The number of aliphatic carboxylic acids is 1. The maximum Gasteiger partial charge on any atom is 0.451 e.